The van der Waals surface area contributed by atoms with Crippen molar-refractivity contribution in [1.82, 2.24) is 4.90 Å². The van der Waals surface area contributed by atoms with Gasteiger partial charge in [-0.25, -0.2) is 0 Å². The zero-order chi connectivity index (χ0) is 10.6. The van der Waals surface area contributed by atoms with Gasteiger partial charge in [0, 0.05) is 5.92 Å². The van der Waals surface area contributed by atoms with Crippen LogP contribution in [0.2, 0.25) is 0 Å². The van der Waals surface area contributed by atoms with Crippen molar-refractivity contribution in [2.24, 2.45) is 11.8 Å². The van der Waals surface area contributed by atoms with Gasteiger partial charge in [0.2, 0.25) is 0 Å². The Bertz CT molecular complexity index is 191. The molecular formula is C10H18FNO2. The number of hydrogen-bond donors (Lipinski definition) is 1. The van der Waals surface area contributed by atoms with E-state index in [9.17, 15) is 9.18 Å². The largest absolute Gasteiger partial charge is 0.481 e. The van der Waals surface area contributed by atoms with E-state index >= 15 is 0 Å². The van der Waals surface area contributed by atoms with Crippen LogP contribution < -0.4 is 0 Å². The van der Waals surface area contributed by atoms with Gasteiger partial charge < -0.3 is 10.0 Å². The Balaban J connectivity index is 2.40. The molecule has 4 heteroatoms. The first-order valence-corrected chi connectivity index (χ1v) is 5.09. The van der Waals surface area contributed by atoms with Gasteiger partial charge in [-0.2, -0.15) is 0 Å². The van der Waals surface area contributed by atoms with E-state index in [1.165, 1.54) is 0 Å². The molecule has 0 radical (unpaired) electrons. The number of aliphatic carboxylic acids is 1. The van der Waals surface area contributed by atoms with E-state index in [-0.39, 0.29) is 18.3 Å². The summed E-state index contributed by atoms with van der Waals surface area (Å²) in [6.07, 6.45) is 1.83. The van der Waals surface area contributed by atoms with Crippen LogP contribution in [0, 0.1) is 11.8 Å². The third kappa shape index (κ3) is 3.25. The Morgan fingerprint density at radius 1 is 1.57 bits per heavy atom. The van der Waals surface area contributed by atoms with E-state index in [4.69, 9.17) is 5.11 Å². The minimum atomic E-state index is -0.883. The summed E-state index contributed by atoms with van der Waals surface area (Å²) in [6, 6.07) is 0. The lowest BCUT2D eigenvalue weighted by Gasteiger charge is -2.32. The summed E-state index contributed by atoms with van der Waals surface area (Å²) in [5, 5.41) is 8.62. The van der Waals surface area contributed by atoms with Gasteiger partial charge in [-0.05, 0) is 38.9 Å². The van der Waals surface area contributed by atoms with Gasteiger partial charge in [0.05, 0.1) is 13.1 Å². The number of piperidine rings is 1. The zero-order valence-corrected chi connectivity index (χ0v) is 8.58. The van der Waals surface area contributed by atoms with Gasteiger partial charge in [0.1, 0.15) is 0 Å². The lowest BCUT2D eigenvalue weighted by molar-refractivity contribution is -0.138. The number of rotatable bonds is 4. The molecule has 0 bridgehead atoms. The summed E-state index contributed by atoms with van der Waals surface area (Å²) in [4.78, 5) is 12.7. The molecular weight excluding hydrogens is 185 g/mol. The third-order valence-electron chi connectivity index (χ3n) is 3.06. The van der Waals surface area contributed by atoms with Gasteiger partial charge in [-0.15, -0.1) is 0 Å². The van der Waals surface area contributed by atoms with Gasteiger partial charge in [0.25, 0.3) is 0 Å². The highest BCUT2D eigenvalue weighted by Crippen LogP contribution is 2.27. The number of carboxylic acids is 1. The van der Waals surface area contributed by atoms with E-state index in [2.05, 4.69) is 4.90 Å². The first-order valence-electron chi connectivity index (χ1n) is 5.09. The van der Waals surface area contributed by atoms with Crippen LogP contribution in [-0.2, 0) is 4.79 Å². The molecule has 14 heavy (non-hydrogen) atoms. The maximum Gasteiger partial charge on any atom is 0.303 e. The van der Waals surface area contributed by atoms with Crippen molar-refractivity contribution in [1.29, 1.82) is 0 Å². The summed E-state index contributed by atoms with van der Waals surface area (Å²) in [6.45, 7) is 1.42. The molecule has 0 aromatic heterocycles. The molecule has 0 aliphatic carbocycles. The molecule has 1 aliphatic rings. The molecule has 1 saturated heterocycles. The summed E-state index contributed by atoms with van der Waals surface area (Å²) in [7, 11) is 2.04. The Labute approximate surface area is 83.9 Å². The second kappa shape index (κ2) is 5.29. The van der Waals surface area contributed by atoms with E-state index in [1.807, 2.05) is 7.05 Å². The van der Waals surface area contributed by atoms with Gasteiger partial charge in [-0.1, -0.05) is 0 Å². The second-order valence-corrected chi connectivity index (χ2v) is 4.15. The number of likely N-dealkylation sites (tertiary alicyclic amines) is 1. The fourth-order valence-electron chi connectivity index (χ4n) is 2.07. The maximum absolute atomic E-state index is 12.6. The molecule has 82 valence electrons. The summed E-state index contributed by atoms with van der Waals surface area (Å²) < 4.78 is 12.6. The van der Waals surface area contributed by atoms with Crippen molar-refractivity contribution in [2.75, 3.05) is 26.8 Å². The molecule has 0 amide bonds. The highest BCUT2D eigenvalue weighted by Gasteiger charge is 2.26. The van der Waals surface area contributed by atoms with Gasteiger partial charge in [0.15, 0.2) is 0 Å². The molecule has 1 aliphatic heterocycles. The molecule has 3 nitrogen and oxygen atoms in total. The molecule has 1 heterocycles. The lowest BCUT2D eigenvalue weighted by Crippen LogP contribution is -2.34. The summed E-state index contributed by atoms with van der Waals surface area (Å²) in [5.41, 5.74) is 0. The number of alkyl halides is 1. The first-order chi connectivity index (χ1) is 6.63. The normalized spacial score (nSPS) is 22.1. The number of carboxylic acid groups (broad SMARTS) is 1. The third-order valence-corrected chi connectivity index (χ3v) is 3.06. The Kier molecular flexibility index (Phi) is 4.32. The summed E-state index contributed by atoms with van der Waals surface area (Å²) >= 11 is 0. The molecule has 1 N–H and O–H groups in total. The van der Waals surface area contributed by atoms with Crippen LogP contribution in [0.3, 0.4) is 0 Å². The predicted octanol–water partition coefficient (Wildman–Crippen LogP) is 1.39. The van der Waals surface area contributed by atoms with Gasteiger partial charge >= 0.3 is 5.97 Å². The average molecular weight is 203 g/mol. The molecule has 0 saturated carbocycles. The van der Waals surface area contributed by atoms with Crippen LogP contribution in [0.4, 0.5) is 4.39 Å². The molecule has 1 unspecified atom stereocenters. The minimum Gasteiger partial charge on any atom is -0.481 e. The van der Waals surface area contributed by atoms with Crippen LogP contribution in [0.5, 0.6) is 0 Å². The highest BCUT2D eigenvalue weighted by molar-refractivity contribution is 5.67. The van der Waals surface area contributed by atoms with Crippen LogP contribution in [0.15, 0.2) is 0 Å². The smallest absolute Gasteiger partial charge is 0.303 e. The zero-order valence-electron chi connectivity index (χ0n) is 8.58. The van der Waals surface area contributed by atoms with E-state index < -0.39 is 12.6 Å². The van der Waals surface area contributed by atoms with Crippen LogP contribution >= 0.6 is 0 Å². The van der Waals surface area contributed by atoms with Crippen molar-refractivity contribution in [3.63, 3.8) is 0 Å². The summed E-state index contributed by atoms with van der Waals surface area (Å²) in [5.74, 6) is -0.903. The number of nitrogens with zero attached hydrogens (tertiary/aromatic N) is 1. The fraction of sp³-hybridized carbons (Fsp3) is 0.900. The van der Waals surface area contributed by atoms with Crippen LogP contribution in [0.1, 0.15) is 19.3 Å². The maximum atomic E-state index is 12.6. The first kappa shape index (κ1) is 11.4. The standard InChI is InChI=1S/C10H18FNO2/c1-12-4-2-8(3-5-12)9(7-11)6-10(13)14/h8-9H,2-7H2,1H3,(H,13,14). The van der Waals surface area contributed by atoms with Crippen molar-refractivity contribution in [2.45, 2.75) is 19.3 Å². The van der Waals surface area contributed by atoms with Crippen molar-refractivity contribution >= 4 is 5.97 Å². The SMILES string of the molecule is CN1CCC(C(CF)CC(=O)O)CC1. The van der Waals surface area contributed by atoms with E-state index in [0.717, 1.165) is 25.9 Å². The molecule has 1 fully saturated rings. The number of carbonyl (C=O) groups is 1. The quantitative estimate of drug-likeness (QED) is 0.750. The van der Waals surface area contributed by atoms with Crippen molar-refractivity contribution < 1.29 is 14.3 Å². The topological polar surface area (TPSA) is 40.5 Å². The van der Waals surface area contributed by atoms with Gasteiger partial charge in [-0.3, -0.25) is 9.18 Å². The average Bonchev–Trinajstić information content (AvgIpc) is 2.15. The van der Waals surface area contributed by atoms with E-state index in [1.54, 1.807) is 0 Å². The Hall–Kier alpha value is -0.640. The van der Waals surface area contributed by atoms with Crippen LogP contribution in [0.25, 0.3) is 0 Å². The lowest BCUT2D eigenvalue weighted by atomic mass is 9.83. The fourth-order valence-corrected chi connectivity index (χ4v) is 2.07. The highest BCUT2D eigenvalue weighted by atomic mass is 19.1. The molecule has 1 rings (SSSR count). The molecule has 0 aromatic rings. The monoisotopic (exact) mass is 203 g/mol. The molecule has 0 spiro atoms. The Morgan fingerprint density at radius 3 is 2.57 bits per heavy atom. The second-order valence-electron chi connectivity index (χ2n) is 4.15. The minimum absolute atomic E-state index is 0.0229. The molecule has 0 aromatic carbocycles. The predicted molar refractivity (Wildman–Crippen MR) is 51.9 cm³/mol. The van der Waals surface area contributed by atoms with Crippen molar-refractivity contribution in [3.8, 4) is 0 Å². The van der Waals surface area contributed by atoms with Crippen molar-refractivity contribution in [3.05, 3.63) is 0 Å². The Morgan fingerprint density at radius 2 is 2.14 bits per heavy atom. The van der Waals surface area contributed by atoms with Crippen LogP contribution in [-0.4, -0.2) is 42.8 Å². The van der Waals surface area contributed by atoms with E-state index in [0.29, 0.717) is 0 Å². The molecule has 1 atom stereocenters. The number of halogens is 1. The number of hydrogen-bond acceptors (Lipinski definition) is 2.